The number of aromatic nitrogens is 4. The minimum Gasteiger partial charge on any atom is -0.405 e. The standard InChI is InChI=1S/C21H23F3N6O.ClH/c1-15-16(13-28(2)27-15)14-29-9-11-30(12-10-29)20-19(25-7-8-26-20)17-5-3-4-6-18(17)31-21(22,23)24;/h3-8,13H,9-12,14H2,1-2H3;1H. The van der Waals surface area contributed by atoms with Crippen molar-refractivity contribution in [3.8, 4) is 17.0 Å². The third kappa shape index (κ3) is 5.49. The predicted octanol–water partition coefficient (Wildman–Crippen LogP) is 3.83. The smallest absolute Gasteiger partial charge is 0.405 e. The van der Waals surface area contributed by atoms with Gasteiger partial charge in [-0.15, -0.1) is 25.6 Å². The van der Waals surface area contributed by atoms with Gasteiger partial charge in [0.15, 0.2) is 5.82 Å². The van der Waals surface area contributed by atoms with E-state index in [4.69, 9.17) is 0 Å². The SMILES string of the molecule is Cc1nn(C)cc1CN1CCN(c2nccnc2-c2ccccc2OC(F)(F)F)CC1.Cl. The molecule has 4 rings (SSSR count). The van der Waals surface area contributed by atoms with E-state index in [1.54, 1.807) is 18.3 Å². The average Bonchev–Trinajstić information content (AvgIpc) is 3.04. The average molecular weight is 469 g/mol. The number of nitrogens with zero attached hydrogens (tertiary/aromatic N) is 6. The predicted molar refractivity (Wildman–Crippen MR) is 117 cm³/mol. The molecule has 2 aromatic heterocycles. The Kier molecular flexibility index (Phi) is 7.25. The summed E-state index contributed by atoms with van der Waals surface area (Å²) in [6.07, 6.45) is 0.274. The fourth-order valence-electron chi connectivity index (χ4n) is 3.79. The number of hydrogen-bond donors (Lipinski definition) is 0. The summed E-state index contributed by atoms with van der Waals surface area (Å²) in [6.45, 7) is 5.78. The molecule has 0 amide bonds. The van der Waals surface area contributed by atoms with Gasteiger partial charge in [0.1, 0.15) is 11.4 Å². The Morgan fingerprint density at radius 3 is 2.38 bits per heavy atom. The quantitative estimate of drug-likeness (QED) is 0.567. The summed E-state index contributed by atoms with van der Waals surface area (Å²) in [7, 11) is 1.91. The topological polar surface area (TPSA) is 59.3 Å². The summed E-state index contributed by atoms with van der Waals surface area (Å²) in [6, 6.07) is 6.01. The Bertz CT molecular complexity index is 1050. The van der Waals surface area contributed by atoms with Gasteiger partial charge in [-0.25, -0.2) is 4.98 Å². The maximum atomic E-state index is 12.9. The molecular formula is C21H24ClF3N6O. The molecule has 1 aromatic carbocycles. The maximum absolute atomic E-state index is 12.9. The zero-order chi connectivity index (χ0) is 22.0. The first-order chi connectivity index (χ1) is 14.8. The van der Waals surface area contributed by atoms with E-state index in [2.05, 4.69) is 29.6 Å². The highest BCUT2D eigenvalue weighted by atomic mass is 35.5. The van der Waals surface area contributed by atoms with Crippen molar-refractivity contribution in [3.05, 3.63) is 54.1 Å². The minimum atomic E-state index is -4.78. The number of hydrogen-bond acceptors (Lipinski definition) is 6. The van der Waals surface area contributed by atoms with Crippen molar-refractivity contribution >= 4 is 18.2 Å². The minimum absolute atomic E-state index is 0. The lowest BCUT2D eigenvalue weighted by Crippen LogP contribution is -2.46. The van der Waals surface area contributed by atoms with Crippen molar-refractivity contribution in [2.24, 2.45) is 7.05 Å². The van der Waals surface area contributed by atoms with Gasteiger partial charge >= 0.3 is 6.36 Å². The van der Waals surface area contributed by atoms with Gasteiger partial charge in [-0.3, -0.25) is 14.6 Å². The van der Waals surface area contributed by atoms with Gasteiger partial charge in [0, 0.05) is 69.5 Å². The highest BCUT2D eigenvalue weighted by molar-refractivity contribution is 5.85. The summed E-state index contributed by atoms with van der Waals surface area (Å²) in [4.78, 5) is 13.2. The highest BCUT2D eigenvalue weighted by Crippen LogP contribution is 2.36. The number of para-hydroxylation sites is 1. The summed E-state index contributed by atoms with van der Waals surface area (Å²) in [5.74, 6) is 0.264. The van der Waals surface area contributed by atoms with Gasteiger partial charge in [0.2, 0.25) is 0 Å². The van der Waals surface area contributed by atoms with Crippen LogP contribution in [-0.4, -0.2) is 57.2 Å². The molecule has 0 unspecified atom stereocenters. The van der Waals surface area contributed by atoms with E-state index in [9.17, 15) is 13.2 Å². The first-order valence-electron chi connectivity index (χ1n) is 9.93. The van der Waals surface area contributed by atoms with Crippen LogP contribution in [0, 0.1) is 6.92 Å². The second-order valence-electron chi connectivity index (χ2n) is 7.45. The molecule has 0 bridgehead atoms. The molecular weight excluding hydrogens is 445 g/mol. The number of halogens is 4. The molecule has 7 nitrogen and oxygen atoms in total. The van der Waals surface area contributed by atoms with Crippen molar-refractivity contribution < 1.29 is 17.9 Å². The number of rotatable bonds is 5. The molecule has 3 heterocycles. The van der Waals surface area contributed by atoms with E-state index >= 15 is 0 Å². The fourth-order valence-corrected chi connectivity index (χ4v) is 3.79. The molecule has 1 aliphatic heterocycles. The van der Waals surface area contributed by atoms with Crippen LogP contribution in [0.2, 0.25) is 0 Å². The van der Waals surface area contributed by atoms with E-state index in [0.717, 1.165) is 25.3 Å². The van der Waals surface area contributed by atoms with E-state index in [1.165, 1.54) is 23.9 Å². The van der Waals surface area contributed by atoms with Gasteiger partial charge in [0.05, 0.1) is 5.69 Å². The molecule has 1 aliphatic rings. The van der Waals surface area contributed by atoms with Crippen LogP contribution in [0.1, 0.15) is 11.3 Å². The fraction of sp³-hybridized carbons (Fsp3) is 0.381. The number of benzene rings is 1. The van der Waals surface area contributed by atoms with Crippen LogP contribution in [0.25, 0.3) is 11.3 Å². The molecule has 1 saturated heterocycles. The molecule has 0 radical (unpaired) electrons. The van der Waals surface area contributed by atoms with Gasteiger partial charge in [0.25, 0.3) is 0 Å². The molecule has 172 valence electrons. The highest BCUT2D eigenvalue weighted by Gasteiger charge is 2.33. The largest absolute Gasteiger partial charge is 0.573 e. The molecule has 0 N–H and O–H groups in total. The van der Waals surface area contributed by atoms with Crippen LogP contribution in [0.15, 0.2) is 42.9 Å². The summed E-state index contributed by atoms with van der Waals surface area (Å²) in [5, 5.41) is 4.39. The summed E-state index contributed by atoms with van der Waals surface area (Å²) in [5.41, 5.74) is 2.84. The van der Waals surface area contributed by atoms with Crippen molar-refractivity contribution in [2.45, 2.75) is 19.8 Å². The number of anilines is 1. The van der Waals surface area contributed by atoms with E-state index in [0.29, 0.717) is 24.6 Å². The lowest BCUT2D eigenvalue weighted by atomic mass is 10.1. The van der Waals surface area contributed by atoms with Gasteiger partial charge in [-0.1, -0.05) is 12.1 Å². The van der Waals surface area contributed by atoms with E-state index in [-0.39, 0.29) is 23.7 Å². The second kappa shape index (κ2) is 9.74. The number of alkyl halides is 3. The van der Waals surface area contributed by atoms with Crippen LogP contribution in [0.3, 0.4) is 0 Å². The van der Waals surface area contributed by atoms with E-state index in [1.807, 2.05) is 24.9 Å². The normalized spacial score (nSPS) is 14.8. The van der Waals surface area contributed by atoms with Gasteiger partial charge in [-0.2, -0.15) is 5.10 Å². The zero-order valence-electron chi connectivity index (χ0n) is 17.7. The Morgan fingerprint density at radius 1 is 1.03 bits per heavy atom. The third-order valence-corrected chi connectivity index (χ3v) is 5.23. The lowest BCUT2D eigenvalue weighted by Gasteiger charge is -2.36. The number of aryl methyl sites for hydroxylation is 2. The van der Waals surface area contributed by atoms with Crippen LogP contribution in [0.4, 0.5) is 19.0 Å². The molecule has 0 atom stereocenters. The van der Waals surface area contributed by atoms with Crippen molar-refractivity contribution in [1.82, 2.24) is 24.6 Å². The molecule has 3 aromatic rings. The Hall–Kier alpha value is -2.85. The van der Waals surface area contributed by atoms with Crippen LogP contribution in [0.5, 0.6) is 5.75 Å². The lowest BCUT2D eigenvalue weighted by molar-refractivity contribution is -0.274. The summed E-state index contributed by atoms with van der Waals surface area (Å²) < 4.78 is 44.6. The molecule has 0 aliphatic carbocycles. The van der Waals surface area contributed by atoms with Crippen LogP contribution < -0.4 is 9.64 Å². The number of piperazine rings is 1. The molecule has 0 spiro atoms. The van der Waals surface area contributed by atoms with Crippen LogP contribution >= 0.6 is 12.4 Å². The molecule has 11 heteroatoms. The molecule has 1 fully saturated rings. The Morgan fingerprint density at radius 2 is 1.72 bits per heavy atom. The van der Waals surface area contributed by atoms with Gasteiger partial charge < -0.3 is 9.64 Å². The first-order valence-corrected chi connectivity index (χ1v) is 9.93. The van der Waals surface area contributed by atoms with Crippen molar-refractivity contribution in [1.29, 1.82) is 0 Å². The van der Waals surface area contributed by atoms with E-state index < -0.39 is 6.36 Å². The molecule has 0 saturated carbocycles. The molecule has 32 heavy (non-hydrogen) atoms. The van der Waals surface area contributed by atoms with Crippen LogP contribution in [-0.2, 0) is 13.6 Å². The second-order valence-corrected chi connectivity index (χ2v) is 7.45. The van der Waals surface area contributed by atoms with Gasteiger partial charge in [-0.05, 0) is 19.1 Å². The van der Waals surface area contributed by atoms with Crippen molar-refractivity contribution in [3.63, 3.8) is 0 Å². The number of ether oxygens (including phenoxy) is 1. The third-order valence-electron chi connectivity index (χ3n) is 5.23. The first kappa shape index (κ1) is 23.8. The van der Waals surface area contributed by atoms with Crippen molar-refractivity contribution in [2.75, 3.05) is 31.1 Å². The zero-order valence-corrected chi connectivity index (χ0v) is 18.5. The summed E-state index contributed by atoms with van der Waals surface area (Å²) >= 11 is 0. The Balaban J connectivity index is 0.00000289. The maximum Gasteiger partial charge on any atom is 0.573 e. The monoisotopic (exact) mass is 468 g/mol. The Labute approximate surface area is 190 Å².